The van der Waals surface area contributed by atoms with Gasteiger partial charge < -0.3 is 15.0 Å². The van der Waals surface area contributed by atoms with E-state index in [1.54, 1.807) is 0 Å². The molecule has 3 heteroatoms. The molecule has 0 heterocycles. The second kappa shape index (κ2) is 6.21. The van der Waals surface area contributed by atoms with Gasteiger partial charge in [0.05, 0.1) is 6.10 Å². The maximum atomic E-state index is 5.56. The molecule has 1 aromatic rings. The molecule has 0 aromatic heterocycles. The molecule has 3 nitrogen and oxygen atoms in total. The number of nitrogens with zero attached hydrogens (tertiary/aromatic N) is 1. The van der Waals surface area contributed by atoms with Crippen LogP contribution in [-0.2, 0) is 11.3 Å². The number of ether oxygens (including phenoxy) is 1. The summed E-state index contributed by atoms with van der Waals surface area (Å²) in [6.07, 6.45) is 2.80. The van der Waals surface area contributed by atoms with Crippen LogP contribution in [0.3, 0.4) is 0 Å². The average Bonchev–Trinajstić information content (AvgIpc) is 2.32. The van der Waals surface area contributed by atoms with E-state index in [9.17, 15) is 0 Å². The number of rotatable bonds is 6. The van der Waals surface area contributed by atoms with Crippen molar-refractivity contribution in [1.82, 2.24) is 5.32 Å². The van der Waals surface area contributed by atoms with Gasteiger partial charge in [-0.05, 0) is 37.5 Å². The van der Waals surface area contributed by atoms with E-state index in [2.05, 4.69) is 55.5 Å². The van der Waals surface area contributed by atoms with Crippen LogP contribution in [0.4, 0.5) is 5.69 Å². The lowest BCUT2D eigenvalue weighted by molar-refractivity contribution is -0.0102. The minimum absolute atomic E-state index is 0.489. The molecule has 18 heavy (non-hydrogen) atoms. The summed E-state index contributed by atoms with van der Waals surface area (Å²) in [5.74, 6) is 0. The van der Waals surface area contributed by atoms with Gasteiger partial charge in [-0.15, -0.1) is 0 Å². The summed E-state index contributed by atoms with van der Waals surface area (Å²) in [6.45, 7) is 3.85. The molecule has 1 aliphatic carbocycles. The van der Waals surface area contributed by atoms with Crippen LogP contribution in [0.15, 0.2) is 24.3 Å². The Hall–Kier alpha value is -1.06. The van der Waals surface area contributed by atoms with Crippen LogP contribution < -0.4 is 10.2 Å². The zero-order chi connectivity index (χ0) is 13.0. The maximum absolute atomic E-state index is 5.56. The quantitative estimate of drug-likeness (QED) is 0.836. The predicted molar refractivity (Wildman–Crippen MR) is 76.0 cm³/mol. The van der Waals surface area contributed by atoms with Crippen LogP contribution in [0.2, 0.25) is 0 Å². The van der Waals surface area contributed by atoms with Crippen molar-refractivity contribution >= 4 is 5.69 Å². The fourth-order valence-corrected chi connectivity index (χ4v) is 2.28. The van der Waals surface area contributed by atoms with Crippen molar-refractivity contribution in [2.45, 2.75) is 38.5 Å². The number of nitrogens with one attached hydrogen (secondary N) is 1. The normalized spacial score (nSPS) is 22.6. The zero-order valence-electron chi connectivity index (χ0n) is 11.6. The highest BCUT2D eigenvalue weighted by Gasteiger charge is 2.28. The summed E-state index contributed by atoms with van der Waals surface area (Å²) < 4.78 is 5.56. The van der Waals surface area contributed by atoms with Gasteiger partial charge in [-0.25, -0.2) is 0 Å². The summed E-state index contributed by atoms with van der Waals surface area (Å²) in [7, 11) is 4.13. The van der Waals surface area contributed by atoms with Crippen LogP contribution in [0, 0.1) is 0 Å². The largest absolute Gasteiger partial charge is 0.378 e. The van der Waals surface area contributed by atoms with E-state index in [0.717, 1.165) is 26.0 Å². The molecule has 0 radical (unpaired) electrons. The first-order valence-corrected chi connectivity index (χ1v) is 6.80. The highest BCUT2D eigenvalue weighted by molar-refractivity contribution is 5.45. The van der Waals surface area contributed by atoms with E-state index in [4.69, 9.17) is 4.74 Å². The second-order valence-corrected chi connectivity index (χ2v) is 5.19. The van der Waals surface area contributed by atoms with Gasteiger partial charge in [0.15, 0.2) is 0 Å². The molecule has 0 bridgehead atoms. The molecule has 1 aliphatic rings. The van der Waals surface area contributed by atoms with E-state index in [1.165, 1.54) is 11.3 Å². The van der Waals surface area contributed by atoms with E-state index in [1.807, 2.05) is 0 Å². The first kappa shape index (κ1) is 13.4. The Balaban J connectivity index is 1.71. The third-order valence-corrected chi connectivity index (χ3v) is 3.54. The minimum Gasteiger partial charge on any atom is -0.378 e. The fourth-order valence-electron chi connectivity index (χ4n) is 2.28. The summed E-state index contributed by atoms with van der Waals surface area (Å²) >= 11 is 0. The van der Waals surface area contributed by atoms with Crippen LogP contribution in [0.1, 0.15) is 25.3 Å². The van der Waals surface area contributed by atoms with Gasteiger partial charge in [0.2, 0.25) is 0 Å². The Morgan fingerprint density at radius 3 is 2.44 bits per heavy atom. The Morgan fingerprint density at radius 1 is 1.22 bits per heavy atom. The molecule has 0 spiro atoms. The number of hydrogen-bond donors (Lipinski definition) is 1. The summed E-state index contributed by atoms with van der Waals surface area (Å²) in [5.41, 5.74) is 2.60. The van der Waals surface area contributed by atoms with Gasteiger partial charge in [0.1, 0.15) is 0 Å². The molecular formula is C15H24N2O. The molecule has 1 fully saturated rings. The molecular weight excluding hydrogens is 224 g/mol. The van der Waals surface area contributed by atoms with Gasteiger partial charge in [0, 0.05) is 39.0 Å². The standard InChI is InChI=1S/C15H24N2O/c1-4-18-15-9-13(10-15)16-11-12-5-7-14(8-6-12)17(2)3/h5-8,13,15-16H,4,9-11H2,1-3H3. The molecule has 0 amide bonds. The van der Waals surface area contributed by atoms with Crippen molar-refractivity contribution in [2.24, 2.45) is 0 Å². The molecule has 0 unspecified atom stereocenters. The Kier molecular flexibility index (Phi) is 4.61. The van der Waals surface area contributed by atoms with Crippen molar-refractivity contribution in [3.63, 3.8) is 0 Å². The highest BCUT2D eigenvalue weighted by atomic mass is 16.5. The highest BCUT2D eigenvalue weighted by Crippen LogP contribution is 2.23. The monoisotopic (exact) mass is 248 g/mol. The molecule has 100 valence electrons. The molecule has 0 atom stereocenters. The van der Waals surface area contributed by atoms with Crippen LogP contribution >= 0.6 is 0 Å². The molecule has 1 aromatic carbocycles. The van der Waals surface area contributed by atoms with E-state index in [0.29, 0.717) is 12.1 Å². The third kappa shape index (κ3) is 3.47. The van der Waals surface area contributed by atoms with Crippen molar-refractivity contribution < 1.29 is 4.74 Å². The maximum Gasteiger partial charge on any atom is 0.0604 e. The Bertz CT molecular complexity index is 355. The van der Waals surface area contributed by atoms with Crippen LogP contribution in [-0.4, -0.2) is 32.8 Å². The zero-order valence-corrected chi connectivity index (χ0v) is 11.6. The number of anilines is 1. The smallest absolute Gasteiger partial charge is 0.0604 e. The lowest BCUT2D eigenvalue weighted by Gasteiger charge is -2.35. The second-order valence-electron chi connectivity index (χ2n) is 5.19. The first-order valence-electron chi connectivity index (χ1n) is 6.80. The topological polar surface area (TPSA) is 24.5 Å². The van der Waals surface area contributed by atoms with Gasteiger partial charge in [-0.3, -0.25) is 0 Å². The van der Waals surface area contributed by atoms with Crippen LogP contribution in [0.5, 0.6) is 0 Å². The average molecular weight is 248 g/mol. The van der Waals surface area contributed by atoms with Crippen molar-refractivity contribution in [3.05, 3.63) is 29.8 Å². The predicted octanol–water partition coefficient (Wildman–Crippen LogP) is 2.41. The minimum atomic E-state index is 0.489. The SMILES string of the molecule is CCOC1CC(NCc2ccc(N(C)C)cc2)C1. The van der Waals surface area contributed by atoms with Crippen LogP contribution in [0.25, 0.3) is 0 Å². The molecule has 1 saturated carbocycles. The van der Waals surface area contributed by atoms with Gasteiger partial charge in [-0.2, -0.15) is 0 Å². The van der Waals surface area contributed by atoms with Crippen molar-refractivity contribution in [1.29, 1.82) is 0 Å². The third-order valence-electron chi connectivity index (χ3n) is 3.54. The molecule has 0 aliphatic heterocycles. The van der Waals surface area contributed by atoms with E-state index >= 15 is 0 Å². The number of benzene rings is 1. The molecule has 1 N–H and O–H groups in total. The van der Waals surface area contributed by atoms with E-state index < -0.39 is 0 Å². The lowest BCUT2D eigenvalue weighted by atomic mass is 9.89. The molecule has 0 saturated heterocycles. The van der Waals surface area contributed by atoms with Crippen molar-refractivity contribution in [2.75, 3.05) is 25.6 Å². The summed E-state index contributed by atoms with van der Waals surface area (Å²) in [5, 5.41) is 3.58. The summed E-state index contributed by atoms with van der Waals surface area (Å²) in [4.78, 5) is 2.12. The van der Waals surface area contributed by atoms with Gasteiger partial charge >= 0.3 is 0 Å². The van der Waals surface area contributed by atoms with E-state index in [-0.39, 0.29) is 0 Å². The fraction of sp³-hybridized carbons (Fsp3) is 0.600. The summed E-state index contributed by atoms with van der Waals surface area (Å²) in [6, 6.07) is 9.36. The first-order chi connectivity index (χ1) is 8.69. The van der Waals surface area contributed by atoms with Crippen molar-refractivity contribution in [3.8, 4) is 0 Å². The van der Waals surface area contributed by atoms with Gasteiger partial charge in [0.25, 0.3) is 0 Å². The number of hydrogen-bond acceptors (Lipinski definition) is 3. The molecule has 2 rings (SSSR count). The lowest BCUT2D eigenvalue weighted by Crippen LogP contribution is -2.45. The van der Waals surface area contributed by atoms with Gasteiger partial charge in [-0.1, -0.05) is 12.1 Å². The Morgan fingerprint density at radius 2 is 1.89 bits per heavy atom. The Labute approximate surface area is 110 Å².